The van der Waals surface area contributed by atoms with Crippen molar-refractivity contribution in [2.45, 2.75) is 19.4 Å². The Labute approximate surface area is 71.8 Å². The summed E-state index contributed by atoms with van der Waals surface area (Å²) in [5.74, 6) is -0.780. The Morgan fingerprint density at radius 2 is 2.17 bits per heavy atom. The summed E-state index contributed by atoms with van der Waals surface area (Å²) < 4.78 is 9.24. The molecule has 0 aliphatic heterocycles. The van der Waals surface area contributed by atoms with E-state index in [4.69, 9.17) is 0 Å². The van der Waals surface area contributed by atoms with Crippen molar-refractivity contribution in [2.24, 2.45) is 0 Å². The number of hydrogen-bond donors (Lipinski definition) is 1. The van der Waals surface area contributed by atoms with Gasteiger partial charge in [0.15, 0.2) is 0 Å². The van der Waals surface area contributed by atoms with E-state index in [-0.39, 0.29) is 12.4 Å². The minimum absolute atomic E-state index is 0.0269. The largest absolute Gasteiger partial charge is 0.498 e. The van der Waals surface area contributed by atoms with Crippen LogP contribution in [0.25, 0.3) is 0 Å². The number of rotatable bonds is 4. The lowest BCUT2D eigenvalue weighted by molar-refractivity contribution is -0.162. The van der Waals surface area contributed by atoms with E-state index in [0.717, 1.165) is 0 Å². The van der Waals surface area contributed by atoms with E-state index in [1.807, 2.05) is 0 Å². The highest BCUT2D eigenvalue weighted by molar-refractivity contribution is 5.81. The highest BCUT2D eigenvalue weighted by Crippen LogP contribution is 2.16. The molecular weight excluding hydrogens is 160 g/mol. The summed E-state index contributed by atoms with van der Waals surface area (Å²) in [5, 5.41) is 9.48. The van der Waals surface area contributed by atoms with E-state index in [1.165, 1.54) is 14.0 Å². The molecule has 0 aliphatic carbocycles. The molecule has 0 aliphatic rings. The lowest BCUT2D eigenvalue weighted by atomic mass is 10.1. The van der Waals surface area contributed by atoms with E-state index >= 15 is 0 Å². The fourth-order valence-corrected chi connectivity index (χ4v) is 0.584. The highest BCUT2D eigenvalue weighted by Gasteiger charge is 2.36. The lowest BCUT2D eigenvalue weighted by Crippen LogP contribution is -2.39. The van der Waals surface area contributed by atoms with Crippen LogP contribution in [0.1, 0.15) is 13.8 Å². The highest BCUT2D eigenvalue weighted by atomic mass is 16.6. The van der Waals surface area contributed by atoms with E-state index < -0.39 is 11.6 Å². The van der Waals surface area contributed by atoms with Gasteiger partial charge < -0.3 is 14.6 Å². The molecule has 0 spiro atoms. The van der Waals surface area contributed by atoms with Crippen LogP contribution in [0.15, 0.2) is 12.3 Å². The fourth-order valence-electron chi connectivity index (χ4n) is 0.584. The van der Waals surface area contributed by atoms with E-state index in [0.29, 0.717) is 0 Å². The predicted molar refractivity (Wildman–Crippen MR) is 43.4 cm³/mol. The molecule has 0 saturated heterocycles. The van der Waals surface area contributed by atoms with Crippen molar-refractivity contribution in [1.82, 2.24) is 0 Å². The topological polar surface area (TPSA) is 55.8 Å². The Balaban J connectivity index is 4.38. The number of ether oxygens (including phenoxy) is 2. The molecule has 0 amide bonds. The number of carbonyl (C=O) groups excluding carboxylic acids is 1. The summed E-state index contributed by atoms with van der Waals surface area (Å²) in [5.41, 5.74) is -1.76. The van der Waals surface area contributed by atoms with Crippen LogP contribution in [0.2, 0.25) is 0 Å². The number of hydrogen-bond acceptors (Lipinski definition) is 4. The molecule has 0 saturated carbocycles. The molecule has 1 N–H and O–H groups in total. The van der Waals surface area contributed by atoms with Crippen molar-refractivity contribution in [3.05, 3.63) is 12.3 Å². The van der Waals surface area contributed by atoms with Gasteiger partial charge in [-0.1, -0.05) is 6.58 Å². The Bertz CT molecular complexity index is 183. The van der Waals surface area contributed by atoms with Crippen molar-refractivity contribution >= 4 is 5.97 Å². The van der Waals surface area contributed by atoms with Crippen molar-refractivity contribution in [2.75, 3.05) is 13.7 Å². The second kappa shape index (κ2) is 4.11. The number of methoxy groups -OCH3 is 1. The van der Waals surface area contributed by atoms with Gasteiger partial charge >= 0.3 is 5.97 Å². The summed E-state index contributed by atoms with van der Waals surface area (Å²) >= 11 is 0. The van der Waals surface area contributed by atoms with Gasteiger partial charge in [0.05, 0.1) is 13.7 Å². The third-order valence-electron chi connectivity index (χ3n) is 1.46. The first-order valence-electron chi connectivity index (χ1n) is 3.59. The van der Waals surface area contributed by atoms with E-state index in [1.54, 1.807) is 6.92 Å². The molecule has 0 rings (SSSR count). The van der Waals surface area contributed by atoms with Gasteiger partial charge in [-0.25, -0.2) is 4.79 Å². The van der Waals surface area contributed by atoms with Crippen LogP contribution < -0.4 is 0 Å². The first-order valence-corrected chi connectivity index (χ1v) is 3.59. The van der Waals surface area contributed by atoms with Crippen LogP contribution in [-0.2, 0) is 14.3 Å². The van der Waals surface area contributed by atoms with Gasteiger partial charge in [-0.2, -0.15) is 0 Å². The zero-order chi connectivity index (χ0) is 9.78. The molecule has 0 fully saturated rings. The number of carbonyl (C=O) groups is 1. The molecule has 4 heteroatoms. The summed E-state index contributed by atoms with van der Waals surface area (Å²) in [7, 11) is 1.33. The molecule has 0 aromatic carbocycles. The normalized spacial score (nSPS) is 14.7. The number of esters is 1. The quantitative estimate of drug-likeness (QED) is 0.497. The van der Waals surface area contributed by atoms with Crippen LogP contribution in [0.5, 0.6) is 0 Å². The van der Waals surface area contributed by atoms with Crippen molar-refractivity contribution in [3.8, 4) is 0 Å². The first kappa shape index (κ1) is 11.0. The average molecular weight is 174 g/mol. The molecule has 4 nitrogen and oxygen atoms in total. The summed E-state index contributed by atoms with van der Waals surface area (Å²) in [6.45, 7) is 6.52. The van der Waals surface area contributed by atoms with Crippen LogP contribution in [0.3, 0.4) is 0 Å². The smallest absolute Gasteiger partial charge is 0.345 e. The zero-order valence-corrected chi connectivity index (χ0v) is 7.59. The lowest BCUT2D eigenvalue weighted by Gasteiger charge is -2.21. The van der Waals surface area contributed by atoms with Crippen molar-refractivity contribution in [3.63, 3.8) is 0 Å². The van der Waals surface area contributed by atoms with Crippen molar-refractivity contribution in [1.29, 1.82) is 0 Å². The Morgan fingerprint density at radius 3 is 2.50 bits per heavy atom. The second-order valence-electron chi connectivity index (χ2n) is 2.42. The van der Waals surface area contributed by atoms with E-state index in [2.05, 4.69) is 16.1 Å². The van der Waals surface area contributed by atoms with Gasteiger partial charge in [-0.05, 0) is 13.8 Å². The summed E-state index contributed by atoms with van der Waals surface area (Å²) in [6, 6.07) is 0. The van der Waals surface area contributed by atoms with Gasteiger partial charge in [0, 0.05) is 0 Å². The molecule has 0 aromatic heterocycles. The first-order chi connectivity index (χ1) is 5.46. The SMILES string of the molecule is C=C(OC)C(C)(O)C(=O)OCC. The molecule has 12 heavy (non-hydrogen) atoms. The molecule has 0 radical (unpaired) electrons. The van der Waals surface area contributed by atoms with Gasteiger partial charge in [-0.15, -0.1) is 0 Å². The molecular formula is C8H14O4. The van der Waals surface area contributed by atoms with Gasteiger partial charge in [-0.3, -0.25) is 0 Å². The van der Waals surface area contributed by atoms with Crippen LogP contribution in [0, 0.1) is 0 Å². The molecule has 1 unspecified atom stereocenters. The standard InChI is InChI=1S/C8H14O4/c1-5-12-7(9)8(3,10)6(2)11-4/h10H,2,5H2,1,3-4H3. The monoisotopic (exact) mass is 174 g/mol. The van der Waals surface area contributed by atoms with Gasteiger partial charge in [0.2, 0.25) is 5.60 Å². The predicted octanol–water partition coefficient (Wildman–Crippen LogP) is 0.461. The second-order valence-corrected chi connectivity index (χ2v) is 2.42. The third kappa shape index (κ3) is 2.23. The van der Waals surface area contributed by atoms with Crippen LogP contribution in [-0.4, -0.2) is 30.4 Å². The molecule has 0 bridgehead atoms. The van der Waals surface area contributed by atoms with E-state index in [9.17, 15) is 9.90 Å². The molecule has 1 atom stereocenters. The maximum absolute atomic E-state index is 11.1. The Kier molecular flexibility index (Phi) is 3.76. The fraction of sp³-hybridized carbons (Fsp3) is 0.625. The third-order valence-corrected chi connectivity index (χ3v) is 1.46. The minimum Gasteiger partial charge on any atom is -0.498 e. The van der Waals surface area contributed by atoms with Crippen LogP contribution >= 0.6 is 0 Å². The minimum atomic E-state index is -1.76. The Hall–Kier alpha value is -1.03. The maximum Gasteiger partial charge on any atom is 0.345 e. The number of aliphatic hydroxyl groups is 1. The van der Waals surface area contributed by atoms with Crippen molar-refractivity contribution < 1.29 is 19.4 Å². The van der Waals surface area contributed by atoms with Gasteiger partial charge in [0.1, 0.15) is 5.76 Å². The molecule has 0 heterocycles. The molecule has 70 valence electrons. The van der Waals surface area contributed by atoms with Crippen LogP contribution in [0.4, 0.5) is 0 Å². The molecule has 0 aromatic rings. The van der Waals surface area contributed by atoms with Gasteiger partial charge in [0.25, 0.3) is 0 Å². The summed E-state index contributed by atoms with van der Waals surface area (Å²) in [6.07, 6.45) is 0. The average Bonchev–Trinajstić information content (AvgIpc) is 2.03. The maximum atomic E-state index is 11.1. The zero-order valence-electron chi connectivity index (χ0n) is 7.59. The summed E-state index contributed by atoms with van der Waals surface area (Å²) in [4.78, 5) is 11.1. The Morgan fingerprint density at radius 1 is 1.67 bits per heavy atom.